The summed E-state index contributed by atoms with van der Waals surface area (Å²) in [6.07, 6.45) is 5.21. The van der Waals surface area contributed by atoms with Crippen molar-refractivity contribution in [2.24, 2.45) is 0 Å². The van der Waals surface area contributed by atoms with Gasteiger partial charge in [0.25, 0.3) is 0 Å². The zero-order valence-corrected chi connectivity index (χ0v) is 12.1. The van der Waals surface area contributed by atoms with E-state index >= 15 is 0 Å². The van der Waals surface area contributed by atoms with Gasteiger partial charge in [-0.3, -0.25) is 0 Å². The van der Waals surface area contributed by atoms with Crippen LogP contribution in [-0.4, -0.2) is 11.7 Å². The van der Waals surface area contributed by atoms with E-state index in [2.05, 4.69) is 6.58 Å². The van der Waals surface area contributed by atoms with Crippen LogP contribution in [-0.2, 0) is 11.3 Å². The molecule has 2 nitrogen and oxygen atoms in total. The molecule has 0 radical (unpaired) electrons. The molecule has 0 spiro atoms. The van der Waals surface area contributed by atoms with Crippen molar-refractivity contribution in [3.8, 4) is 0 Å². The van der Waals surface area contributed by atoms with Gasteiger partial charge in [0.05, 0.1) is 12.4 Å². The summed E-state index contributed by atoms with van der Waals surface area (Å²) in [5, 5.41) is 9.08. The summed E-state index contributed by atoms with van der Waals surface area (Å²) in [7, 11) is 0. The third-order valence-electron chi connectivity index (χ3n) is 2.21. The minimum Gasteiger partial charge on any atom is -0.494 e. The maximum absolute atomic E-state index is 9.08. The molecular weight excluding hydrogens is 236 g/mol. The number of allylic oxidation sites excluding steroid dienone is 3. The third kappa shape index (κ3) is 8.01. The van der Waals surface area contributed by atoms with E-state index in [0.717, 1.165) is 16.9 Å². The molecule has 2 heteroatoms. The highest BCUT2D eigenvalue weighted by Gasteiger charge is 1.95. The number of aliphatic hydroxyl groups excluding tert-OH is 1. The van der Waals surface area contributed by atoms with Crippen molar-refractivity contribution >= 4 is 0 Å². The number of ether oxygens (including phenoxy) is 1. The van der Waals surface area contributed by atoms with Crippen LogP contribution in [0, 0.1) is 0 Å². The van der Waals surface area contributed by atoms with Gasteiger partial charge in [0.1, 0.15) is 6.61 Å². The maximum Gasteiger partial charge on any atom is 0.113 e. The van der Waals surface area contributed by atoms with Crippen molar-refractivity contribution in [1.82, 2.24) is 0 Å². The monoisotopic (exact) mass is 260 g/mol. The third-order valence-corrected chi connectivity index (χ3v) is 2.21. The van der Waals surface area contributed by atoms with E-state index < -0.39 is 0 Å². The fraction of sp³-hybridized carbons (Fsp3) is 0.294. The summed E-state index contributed by atoms with van der Waals surface area (Å²) in [6.45, 7) is 9.98. The fourth-order valence-electron chi connectivity index (χ4n) is 1.37. The highest BCUT2D eigenvalue weighted by atomic mass is 16.5. The van der Waals surface area contributed by atoms with Crippen LogP contribution in [0.3, 0.4) is 0 Å². The second-order valence-electron chi connectivity index (χ2n) is 3.66. The molecule has 0 atom stereocenters. The van der Waals surface area contributed by atoms with Gasteiger partial charge in [0.2, 0.25) is 0 Å². The van der Waals surface area contributed by atoms with Crippen LogP contribution < -0.4 is 0 Å². The Hall–Kier alpha value is -1.80. The van der Waals surface area contributed by atoms with Crippen molar-refractivity contribution in [3.05, 3.63) is 72.0 Å². The lowest BCUT2D eigenvalue weighted by atomic mass is 10.2. The van der Waals surface area contributed by atoms with Gasteiger partial charge in [-0.1, -0.05) is 62.9 Å². The van der Waals surface area contributed by atoms with Crippen LogP contribution in [0.1, 0.15) is 26.3 Å². The zero-order valence-electron chi connectivity index (χ0n) is 12.1. The predicted molar refractivity (Wildman–Crippen MR) is 81.7 cm³/mol. The highest BCUT2D eigenvalue weighted by Crippen LogP contribution is 2.08. The van der Waals surface area contributed by atoms with E-state index in [1.807, 2.05) is 57.2 Å². The molecule has 0 saturated carbocycles. The fourth-order valence-corrected chi connectivity index (χ4v) is 1.37. The maximum atomic E-state index is 9.08. The molecule has 1 rings (SSSR count). The first-order valence-corrected chi connectivity index (χ1v) is 6.53. The molecule has 104 valence electrons. The van der Waals surface area contributed by atoms with Gasteiger partial charge in [-0.25, -0.2) is 0 Å². The van der Waals surface area contributed by atoms with Crippen LogP contribution in [0.5, 0.6) is 0 Å². The van der Waals surface area contributed by atoms with Crippen LogP contribution in [0.2, 0.25) is 0 Å². The van der Waals surface area contributed by atoms with Crippen LogP contribution >= 0.6 is 0 Å². The second-order valence-corrected chi connectivity index (χ2v) is 3.66. The first-order valence-electron chi connectivity index (χ1n) is 6.53. The van der Waals surface area contributed by atoms with E-state index in [-0.39, 0.29) is 6.61 Å². The average Bonchev–Trinajstić information content (AvgIpc) is 2.48. The smallest absolute Gasteiger partial charge is 0.113 e. The van der Waals surface area contributed by atoms with Gasteiger partial charge < -0.3 is 9.84 Å². The predicted octanol–water partition coefficient (Wildman–Crippen LogP) is 4.24. The summed E-state index contributed by atoms with van der Waals surface area (Å²) in [5.74, 6) is 0.774. The summed E-state index contributed by atoms with van der Waals surface area (Å²) >= 11 is 0. The lowest BCUT2D eigenvalue weighted by Crippen LogP contribution is -1.93. The largest absolute Gasteiger partial charge is 0.494 e. The Morgan fingerprint density at radius 1 is 1.26 bits per heavy atom. The molecule has 19 heavy (non-hydrogen) atoms. The molecule has 0 aliphatic heterocycles. The quantitative estimate of drug-likeness (QED) is 0.612. The average molecular weight is 260 g/mol. The van der Waals surface area contributed by atoms with Gasteiger partial charge >= 0.3 is 0 Å². The van der Waals surface area contributed by atoms with E-state index in [1.165, 1.54) is 0 Å². The Balaban J connectivity index is 0.00000154. The molecule has 1 N–H and O–H groups in total. The van der Waals surface area contributed by atoms with Gasteiger partial charge in [0, 0.05) is 0 Å². The topological polar surface area (TPSA) is 29.5 Å². The van der Waals surface area contributed by atoms with E-state index in [4.69, 9.17) is 9.84 Å². The molecule has 0 unspecified atom stereocenters. The van der Waals surface area contributed by atoms with Gasteiger partial charge in [-0.2, -0.15) is 0 Å². The summed E-state index contributed by atoms with van der Waals surface area (Å²) < 4.78 is 5.58. The van der Waals surface area contributed by atoms with Crippen LogP contribution in [0.15, 0.2) is 66.5 Å². The van der Waals surface area contributed by atoms with Crippen molar-refractivity contribution in [1.29, 1.82) is 0 Å². The Morgan fingerprint density at radius 3 is 2.42 bits per heavy atom. The molecule has 0 aliphatic carbocycles. The molecule has 1 aromatic rings. The molecule has 0 bridgehead atoms. The SMILES string of the molecule is C=C/C=C(\C=C(/C)OCc1ccccc1)CO.CC. The molecule has 0 saturated heterocycles. The zero-order chi connectivity index (χ0) is 14.5. The molecule has 0 aromatic heterocycles. The minimum absolute atomic E-state index is 0.0158. The van der Waals surface area contributed by atoms with Crippen LogP contribution in [0.25, 0.3) is 0 Å². The Kier molecular flexibility index (Phi) is 10.2. The van der Waals surface area contributed by atoms with Crippen molar-refractivity contribution in [2.45, 2.75) is 27.4 Å². The number of aliphatic hydroxyl groups is 1. The molecule has 1 aromatic carbocycles. The minimum atomic E-state index is -0.0158. The Morgan fingerprint density at radius 2 is 1.89 bits per heavy atom. The van der Waals surface area contributed by atoms with E-state index in [9.17, 15) is 0 Å². The van der Waals surface area contributed by atoms with Crippen molar-refractivity contribution < 1.29 is 9.84 Å². The number of hydrogen-bond acceptors (Lipinski definition) is 2. The lowest BCUT2D eigenvalue weighted by Gasteiger charge is -2.07. The van der Waals surface area contributed by atoms with E-state index in [1.54, 1.807) is 12.2 Å². The highest BCUT2D eigenvalue weighted by molar-refractivity contribution is 5.24. The second kappa shape index (κ2) is 11.3. The van der Waals surface area contributed by atoms with Crippen molar-refractivity contribution in [2.75, 3.05) is 6.61 Å². The summed E-state index contributed by atoms with van der Waals surface area (Å²) in [4.78, 5) is 0. The van der Waals surface area contributed by atoms with E-state index in [0.29, 0.717) is 6.61 Å². The number of hydrogen-bond donors (Lipinski definition) is 1. The summed E-state index contributed by atoms with van der Waals surface area (Å²) in [6, 6.07) is 9.96. The summed E-state index contributed by atoms with van der Waals surface area (Å²) in [5.41, 5.74) is 1.91. The molecule has 0 fully saturated rings. The Bertz CT molecular complexity index is 403. The van der Waals surface area contributed by atoms with Gasteiger partial charge in [-0.15, -0.1) is 0 Å². The van der Waals surface area contributed by atoms with Crippen molar-refractivity contribution in [3.63, 3.8) is 0 Å². The van der Waals surface area contributed by atoms with Crippen LogP contribution in [0.4, 0.5) is 0 Å². The first kappa shape index (κ1) is 17.2. The standard InChI is InChI=1S/C15H18O2.C2H6/c1-3-7-15(11-16)10-13(2)17-12-14-8-5-4-6-9-14;1-2/h3-10,16H,1,11-12H2,2H3;1-2H3/b13-10+,15-7+;. The molecule has 0 aliphatic rings. The first-order chi connectivity index (χ1) is 9.26. The lowest BCUT2D eigenvalue weighted by molar-refractivity contribution is 0.200. The molecule has 0 amide bonds. The normalized spacial score (nSPS) is 11.4. The molecule has 0 heterocycles. The molecular formula is C17H24O2. The number of benzene rings is 1. The van der Waals surface area contributed by atoms with Gasteiger partial charge in [-0.05, 0) is 24.1 Å². The number of rotatable bonds is 6. The van der Waals surface area contributed by atoms with Gasteiger partial charge in [0.15, 0.2) is 0 Å². The Labute approximate surface area is 116 Å².